The van der Waals surface area contributed by atoms with Gasteiger partial charge in [0.15, 0.2) is 0 Å². The predicted octanol–water partition coefficient (Wildman–Crippen LogP) is 3.31. The molecular formula is C14H17BrN2. The minimum absolute atomic E-state index is 0.432. The Morgan fingerprint density at radius 1 is 1.29 bits per heavy atom. The molecule has 1 fully saturated rings. The average molecular weight is 293 g/mol. The monoisotopic (exact) mass is 292 g/mol. The zero-order valence-corrected chi connectivity index (χ0v) is 11.9. The number of nitrogens with zero attached hydrogens (tertiary/aromatic N) is 2. The maximum Gasteiger partial charge on any atom is 0.131 e. The molecule has 0 N–H and O–H groups in total. The van der Waals surface area contributed by atoms with Gasteiger partial charge in [-0.2, -0.15) is 0 Å². The minimum Gasteiger partial charge on any atom is -0.351 e. The predicted molar refractivity (Wildman–Crippen MR) is 74.4 cm³/mol. The third kappa shape index (κ3) is 2.01. The van der Waals surface area contributed by atoms with Crippen molar-refractivity contribution in [1.29, 1.82) is 0 Å². The number of hydrogen-bond acceptors (Lipinski definition) is 2. The molecule has 0 aliphatic carbocycles. The first kappa shape index (κ1) is 11.3. The van der Waals surface area contributed by atoms with Crippen LogP contribution < -0.4 is 0 Å². The molecule has 1 atom stereocenters. The average Bonchev–Trinajstić information content (AvgIpc) is 2.74. The van der Waals surface area contributed by atoms with Gasteiger partial charge in [-0.15, -0.1) is 0 Å². The van der Waals surface area contributed by atoms with Crippen LogP contribution in [0.2, 0.25) is 0 Å². The summed E-state index contributed by atoms with van der Waals surface area (Å²) in [5, 5.41) is 0. The molecule has 3 heteroatoms. The molecule has 3 rings (SSSR count). The first-order valence-corrected chi connectivity index (χ1v) is 6.91. The van der Waals surface area contributed by atoms with E-state index in [0.717, 1.165) is 17.6 Å². The van der Waals surface area contributed by atoms with Gasteiger partial charge in [0.2, 0.25) is 0 Å². The number of fused-ring (bicyclic) bond motifs is 1. The van der Waals surface area contributed by atoms with Crippen molar-refractivity contribution >= 4 is 21.8 Å². The molecule has 2 heterocycles. The van der Waals surface area contributed by atoms with Crippen LogP contribution in [0, 0.1) is 5.41 Å². The Kier molecular flexibility index (Phi) is 2.54. The minimum atomic E-state index is 0.432. The van der Waals surface area contributed by atoms with Crippen molar-refractivity contribution in [2.75, 3.05) is 13.1 Å². The fraction of sp³-hybridized carbons (Fsp3) is 0.500. The van der Waals surface area contributed by atoms with Crippen LogP contribution in [0.3, 0.4) is 0 Å². The molecule has 0 aromatic heterocycles. The topological polar surface area (TPSA) is 15.6 Å². The molecule has 1 aromatic carbocycles. The molecule has 0 bridgehead atoms. The molecule has 0 amide bonds. The molecule has 0 spiro atoms. The van der Waals surface area contributed by atoms with Gasteiger partial charge >= 0.3 is 0 Å². The van der Waals surface area contributed by atoms with Crippen LogP contribution in [0.4, 0.5) is 0 Å². The van der Waals surface area contributed by atoms with Crippen molar-refractivity contribution in [2.24, 2.45) is 10.4 Å². The Morgan fingerprint density at radius 3 is 2.71 bits per heavy atom. The third-order valence-electron chi connectivity index (χ3n) is 3.65. The van der Waals surface area contributed by atoms with E-state index in [1.54, 1.807) is 0 Å². The molecule has 17 heavy (non-hydrogen) atoms. The van der Waals surface area contributed by atoms with E-state index in [9.17, 15) is 0 Å². The number of halogens is 1. The van der Waals surface area contributed by atoms with Crippen molar-refractivity contribution in [3.63, 3.8) is 0 Å². The molecule has 0 saturated carbocycles. The van der Waals surface area contributed by atoms with Crippen molar-refractivity contribution in [2.45, 2.75) is 26.3 Å². The molecule has 1 saturated heterocycles. The Bertz CT molecular complexity index is 462. The second kappa shape index (κ2) is 3.84. The SMILES string of the molecule is CC1(C)CC2CN=C(c3ccc(Br)cc3)N2C1. The summed E-state index contributed by atoms with van der Waals surface area (Å²) in [6.07, 6.45) is 1.26. The Hall–Kier alpha value is -0.830. The van der Waals surface area contributed by atoms with Crippen LogP contribution >= 0.6 is 15.9 Å². The lowest BCUT2D eigenvalue weighted by Crippen LogP contribution is -2.32. The van der Waals surface area contributed by atoms with Gasteiger partial charge in [0.05, 0.1) is 12.6 Å². The number of rotatable bonds is 1. The highest BCUT2D eigenvalue weighted by Crippen LogP contribution is 2.37. The lowest BCUT2D eigenvalue weighted by molar-refractivity contribution is 0.375. The smallest absolute Gasteiger partial charge is 0.131 e. The number of benzene rings is 1. The van der Waals surface area contributed by atoms with E-state index in [0.29, 0.717) is 11.5 Å². The standard InChI is InChI=1S/C14H17BrN2/c1-14(2)7-12-8-16-13(17(12)9-14)10-3-5-11(15)6-4-10/h3-6,12H,7-9H2,1-2H3. The summed E-state index contributed by atoms with van der Waals surface area (Å²) < 4.78 is 1.12. The largest absolute Gasteiger partial charge is 0.351 e. The summed E-state index contributed by atoms with van der Waals surface area (Å²) in [7, 11) is 0. The van der Waals surface area contributed by atoms with Gasteiger partial charge in [-0.05, 0) is 24.0 Å². The lowest BCUT2D eigenvalue weighted by atomic mass is 9.91. The van der Waals surface area contributed by atoms with Crippen molar-refractivity contribution in [1.82, 2.24) is 4.90 Å². The number of hydrogen-bond donors (Lipinski definition) is 0. The van der Waals surface area contributed by atoms with Gasteiger partial charge in [-0.25, -0.2) is 0 Å². The summed E-state index contributed by atoms with van der Waals surface area (Å²) in [5.74, 6) is 1.19. The van der Waals surface area contributed by atoms with E-state index < -0.39 is 0 Å². The zero-order chi connectivity index (χ0) is 12.0. The van der Waals surface area contributed by atoms with Crippen LogP contribution in [0.5, 0.6) is 0 Å². The summed E-state index contributed by atoms with van der Waals surface area (Å²) in [5.41, 5.74) is 1.68. The highest BCUT2D eigenvalue weighted by atomic mass is 79.9. The van der Waals surface area contributed by atoms with Crippen molar-refractivity contribution in [3.8, 4) is 0 Å². The fourth-order valence-electron chi connectivity index (χ4n) is 2.95. The molecule has 1 aromatic rings. The fourth-order valence-corrected chi connectivity index (χ4v) is 3.22. The van der Waals surface area contributed by atoms with E-state index in [-0.39, 0.29) is 0 Å². The van der Waals surface area contributed by atoms with Gasteiger partial charge in [-0.3, -0.25) is 4.99 Å². The highest BCUT2D eigenvalue weighted by Gasteiger charge is 2.41. The van der Waals surface area contributed by atoms with E-state index in [1.165, 1.54) is 17.8 Å². The number of aliphatic imine (C=N–C) groups is 1. The Labute approximate surface area is 111 Å². The van der Waals surface area contributed by atoms with Crippen LogP contribution in [0.1, 0.15) is 25.8 Å². The Balaban J connectivity index is 1.88. The summed E-state index contributed by atoms with van der Waals surface area (Å²) in [6, 6.07) is 9.11. The molecule has 90 valence electrons. The number of amidine groups is 1. The molecule has 2 aliphatic heterocycles. The van der Waals surface area contributed by atoms with E-state index in [2.05, 4.69) is 58.9 Å². The van der Waals surface area contributed by atoms with Crippen LogP contribution in [-0.2, 0) is 0 Å². The van der Waals surface area contributed by atoms with E-state index >= 15 is 0 Å². The van der Waals surface area contributed by atoms with Crippen molar-refractivity contribution in [3.05, 3.63) is 34.3 Å². The molecule has 2 nitrogen and oxygen atoms in total. The first-order valence-electron chi connectivity index (χ1n) is 6.12. The lowest BCUT2D eigenvalue weighted by Gasteiger charge is -2.22. The normalized spacial score (nSPS) is 25.9. The summed E-state index contributed by atoms with van der Waals surface area (Å²) in [6.45, 7) is 6.80. The van der Waals surface area contributed by atoms with Gasteiger partial charge < -0.3 is 4.90 Å². The second-order valence-corrected chi connectivity index (χ2v) is 6.74. The zero-order valence-electron chi connectivity index (χ0n) is 10.3. The van der Waals surface area contributed by atoms with Crippen LogP contribution in [-0.4, -0.2) is 29.9 Å². The van der Waals surface area contributed by atoms with Crippen molar-refractivity contribution < 1.29 is 0 Å². The van der Waals surface area contributed by atoms with E-state index in [1.807, 2.05) is 0 Å². The summed E-state index contributed by atoms with van der Waals surface area (Å²) in [4.78, 5) is 7.20. The highest BCUT2D eigenvalue weighted by molar-refractivity contribution is 9.10. The second-order valence-electron chi connectivity index (χ2n) is 5.82. The van der Waals surface area contributed by atoms with Gasteiger partial charge in [0.1, 0.15) is 5.84 Å². The molecule has 1 unspecified atom stereocenters. The third-order valence-corrected chi connectivity index (χ3v) is 4.18. The maximum absolute atomic E-state index is 4.71. The van der Waals surface area contributed by atoms with E-state index in [4.69, 9.17) is 4.99 Å². The summed E-state index contributed by atoms with van der Waals surface area (Å²) >= 11 is 3.48. The van der Waals surface area contributed by atoms with Crippen LogP contribution in [0.15, 0.2) is 33.7 Å². The van der Waals surface area contributed by atoms with Gasteiger partial charge in [-0.1, -0.05) is 41.9 Å². The molecule has 0 radical (unpaired) electrons. The van der Waals surface area contributed by atoms with Crippen LogP contribution in [0.25, 0.3) is 0 Å². The maximum atomic E-state index is 4.71. The van der Waals surface area contributed by atoms with Gasteiger partial charge in [0, 0.05) is 16.6 Å². The first-order chi connectivity index (χ1) is 8.05. The van der Waals surface area contributed by atoms with Gasteiger partial charge in [0.25, 0.3) is 0 Å². The molecule has 2 aliphatic rings. The Morgan fingerprint density at radius 2 is 2.00 bits per heavy atom. The molecular weight excluding hydrogens is 276 g/mol. The quantitative estimate of drug-likeness (QED) is 0.775.